The van der Waals surface area contributed by atoms with Crippen molar-refractivity contribution in [3.8, 4) is 11.5 Å². The topological polar surface area (TPSA) is 24.9 Å². The first kappa shape index (κ1) is 17.3. The third kappa shape index (κ3) is 4.34. The van der Waals surface area contributed by atoms with Crippen molar-refractivity contribution in [2.75, 3.05) is 50.0 Å². The number of ether oxygens (including phenoxy) is 2. The SMILES string of the molecule is C1=COc2cc(SCCN3CCN(c4ccccc4)CC3)ccc2OC1. The summed E-state index contributed by atoms with van der Waals surface area (Å²) in [5, 5.41) is 0. The van der Waals surface area contributed by atoms with E-state index in [0.717, 1.165) is 50.0 Å². The number of fused-ring (bicyclic) bond motifs is 1. The molecule has 2 aliphatic heterocycles. The van der Waals surface area contributed by atoms with Crippen LogP contribution in [0.2, 0.25) is 0 Å². The smallest absolute Gasteiger partial charge is 0.169 e. The highest BCUT2D eigenvalue weighted by atomic mass is 32.2. The molecule has 0 aliphatic carbocycles. The minimum atomic E-state index is 0.564. The molecule has 1 saturated heterocycles. The first-order chi connectivity index (χ1) is 12.9. The third-order valence-electron chi connectivity index (χ3n) is 4.71. The number of thioether (sulfide) groups is 1. The molecule has 2 aromatic carbocycles. The number of rotatable bonds is 5. The largest absolute Gasteiger partial charge is 0.485 e. The number of hydrogen-bond donors (Lipinski definition) is 0. The lowest BCUT2D eigenvalue weighted by atomic mass is 10.2. The van der Waals surface area contributed by atoms with Crippen LogP contribution in [0, 0.1) is 0 Å². The first-order valence-electron chi connectivity index (χ1n) is 9.12. The van der Waals surface area contributed by atoms with Gasteiger partial charge in [-0.05, 0) is 36.4 Å². The van der Waals surface area contributed by atoms with Crippen LogP contribution in [0.5, 0.6) is 11.5 Å². The number of nitrogens with zero attached hydrogens (tertiary/aromatic N) is 2. The number of benzene rings is 2. The Labute approximate surface area is 159 Å². The number of hydrogen-bond acceptors (Lipinski definition) is 5. The van der Waals surface area contributed by atoms with Crippen LogP contribution in [-0.4, -0.2) is 50.0 Å². The molecule has 0 saturated carbocycles. The van der Waals surface area contributed by atoms with Crippen LogP contribution in [0.1, 0.15) is 0 Å². The molecule has 4 rings (SSSR count). The summed E-state index contributed by atoms with van der Waals surface area (Å²) < 4.78 is 11.2. The van der Waals surface area contributed by atoms with Crippen molar-refractivity contribution in [2.45, 2.75) is 4.90 Å². The predicted octanol–water partition coefficient (Wildman–Crippen LogP) is 3.89. The molecule has 0 N–H and O–H groups in total. The molecule has 2 aromatic rings. The van der Waals surface area contributed by atoms with Gasteiger partial charge in [0, 0.05) is 49.1 Å². The van der Waals surface area contributed by atoms with Crippen LogP contribution < -0.4 is 14.4 Å². The lowest BCUT2D eigenvalue weighted by Gasteiger charge is -2.36. The number of piperazine rings is 1. The highest BCUT2D eigenvalue weighted by Gasteiger charge is 2.17. The predicted molar refractivity (Wildman–Crippen MR) is 108 cm³/mol. The number of anilines is 1. The number of para-hydroxylation sites is 1. The summed E-state index contributed by atoms with van der Waals surface area (Å²) in [6.07, 6.45) is 3.58. The van der Waals surface area contributed by atoms with E-state index in [1.807, 2.05) is 23.9 Å². The zero-order valence-corrected chi connectivity index (χ0v) is 15.7. The van der Waals surface area contributed by atoms with E-state index in [1.54, 1.807) is 6.26 Å². The molecule has 0 spiro atoms. The molecular formula is C21H24N2O2S. The Morgan fingerprint density at radius 3 is 2.62 bits per heavy atom. The van der Waals surface area contributed by atoms with Gasteiger partial charge in [0.2, 0.25) is 0 Å². The van der Waals surface area contributed by atoms with Crippen molar-refractivity contribution < 1.29 is 9.47 Å². The van der Waals surface area contributed by atoms with E-state index in [9.17, 15) is 0 Å². The van der Waals surface area contributed by atoms with Gasteiger partial charge < -0.3 is 14.4 Å². The zero-order valence-electron chi connectivity index (χ0n) is 14.8. The van der Waals surface area contributed by atoms with Crippen LogP contribution in [0.15, 0.2) is 65.8 Å². The summed E-state index contributed by atoms with van der Waals surface area (Å²) in [6.45, 7) is 6.13. The quantitative estimate of drug-likeness (QED) is 0.746. The Morgan fingerprint density at radius 1 is 0.923 bits per heavy atom. The molecule has 4 nitrogen and oxygen atoms in total. The third-order valence-corrected chi connectivity index (χ3v) is 5.69. The van der Waals surface area contributed by atoms with Crippen LogP contribution in [0.3, 0.4) is 0 Å². The highest BCUT2D eigenvalue weighted by Crippen LogP contribution is 2.33. The molecule has 2 heterocycles. The lowest BCUT2D eigenvalue weighted by molar-refractivity contribution is 0.273. The van der Waals surface area contributed by atoms with E-state index in [0.29, 0.717) is 6.61 Å². The van der Waals surface area contributed by atoms with Crippen molar-refractivity contribution in [3.63, 3.8) is 0 Å². The van der Waals surface area contributed by atoms with Gasteiger partial charge in [0.15, 0.2) is 11.5 Å². The van der Waals surface area contributed by atoms with Gasteiger partial charge in [-0.15, -0.1) is 11.8 Å². The van der Waals surface area contributed by atoms with E-state index < -0.39 is 0 Å². The second-order valence-corrected chi connectivity index (χ2v) is 7.59. The van der Waals surface area contributed by atoms with Crippen LogP contribution in [-0.2, 0) is 0 Å². The fraction of sp³-hybridized carbons (Fsp3) is 0.333. The second-order valence-electron chi connectivity index (χ2n) is 6.42. The molecule has 2 aliphatic rings. The first-order valence-corrected chi connectivity index (χ1v) is 10.1. The van der Waals surface area contributed by atoms with Gasteiger partial charge in [-0.25, -0.2) is 0 Å². The van der Waals surface area contributed by atoms with Crippen molar-refractivity contribution in [2.24, 2.45) is 0 Å². The summed E-state index contributed by atoms with van der Waals surface area (Å²) in [5.74, 6) is 2.71. The normalized spacial score (nSPS) is 17.2. The van der Waals surface area contributed by atoms with Gasteiger partial charge in [-0.3, -0.25) is 4.90 Å². The molecule has 136 valence electrons. The van der Waals surface area contributed by atoms with Gasteiger partial charge >= 0.3 is 0 Å². The van der Waals surface area contributed by atoms with Crippen molar-refractivity contribution in [3.05, 3.63) is 60.9 Å². The monoisotopic (exact) mass is 368 g/mol. The maximum Gasteiger partial charge on any atom is 0.169 e. The van der Waals surface area contributed by atoms with Crippen molar-refractivity contribution in [1.82, 2.24) is 4.90 Å². The molecule has 0 atom stereocenters. The van der Waals surface area contributed by atoms with E-state index in [1.165, 1.54) is 10.6 Å². The minimum Gasteiger partial charge on any atom is -0.485 e. The Kier molecular flexibility index (Phi) is 5.67. The van der Waals surface area contributed by atoms with Crippen molar-refractivity contribution in [1.29, 1.82) is 0 Å². The molecule has 0 unspecified atom stereocenters. The Balaban J connectivity index is 1.23. The fourth-order valence-electron chi connectivity index (χ4n) is 3.25. The Hall–Kier alpha value is -2.11. The zero-order chi connectivity index (χ0) is 17.6. The minimum absolute atomic E-state index is 0.564. The molecule has 5 heteroatoms. The average molecular weight is 369 g/mol. The van der Waals surface area contributed by atoms with Crippen LogP contribution in [0.25, 0.3) is 0 Å². The van der Waals surface area contributed by atoms with Crippen molar-refractivity contribution >= 4 is 17.4 Å². The van der Waals surface area contributed by atoms with Gasteiger partial charge in [0.1, 0.15) is 6.61 Å². The molecule has 0 aromatic heterocycles. The molecule has 0 amide bonds. The van der Waals surface area contributed by atoms with Crippen LogP contribution in [0.4, 0.5) is 5.69 Å². The second kappa shape index (κ2) is 8.52. The standard InChI is InChI=1S/C21H24N2O2S/c1-2-5-18(6-3-1)23-11-9-22(10-12-23)13-16-26-19-7-8-20-21(17-19)25-15-4-14-24-20/h1-8,15,17H,9-14,16H2. The van der Waals surface area contributed by atoms with Gasteiger partial charge in [-0.1, -0.05) is 18.2 Å². The Bertz CT molecular complexity index is 743. The van der Waals surface area contributed by atoms with E-state index in [4.69, 9.17) is 9.47 Å². The van der Waals surface area contributed by atoms with Gasteiger partial charge in [0.25, 0.3) is 0 Å². The average Bonchev–Trinajstić information content (AvgIpc) is 2.94. The molecule has 26 heavy (non-hydrogen) atoms. The van der Waals surface area contributed by atoms with Gasteiger partial charge in [0.05, 0.1) is 6.26 Å². The molecular weight excluding hydrogens is 344 g/mol. The maximum atomic E-state index is 5.62. The lowest BCUT2D eigenvalue weighted by Crippen LogP contribution is -2.47. The summed E-state index contributed by atoms with van der Waals surface area (Å²) in [6, 6.07) is 16.9. The molecule has 1 fully saturated rings. The van der Waals surface area contributed by atoms with E-state index >= 15 is 0 Å². The fourth-order valence-corrected chi connectivity index (χ4v) is 4.19. The highest BCUT2D eigenvalue weighted by molar-refractivity contribution is 7.99. The molecule has 0 radical (unpaired) electrons. The summed E-state index contributed by atoms with van der Waals surface area (Å²) in [7, 11) is 0. The van der Waals surface area contributed by atoms with Crippen LogP contribution >= 0.6 is 11.8 Å². The van der Waals surface area contributed by atoms with Gasteiger partial charge in [-0.2, -0.15) is 0 Å². The Morgan fingerprint density at radius 2 is 1.77 bits per heavy atom. The summed E-state index contributed by atoms with van der Waals surface area (Å²) in [4.78, 5) is 6.25. The van der Waals surface area contributed by atoms with E-state index in [2.05, 4.69) is 52.3 Å². The summed E-state index contributed by atoms with van der Waals surface area (Å²) >= 11 is 1.88. The maximum absolute atomic E-state index is 5.62. The summed E-state index contributed by atoms with van der Waals surface area (Å²) in [5.41, 5.74) is 1.34. The van der Waals surface area contributed by atoms with E-state index in [-0.39, 0.29) is 0 Å². The molecule has 0 bridgehead atoms.